The van der Waals surface area contributed by atoms with E-state index in [1.807, 2.05) is 11.8 Å². The molecule has 2 rings (SSSR count). The number of nitrogens with one attached hydrogen (secondary N) is 1. The van der Waals surface area contributed by atoms with E-state index in [4.69, 9.17) is 5.73 Å². The van der Waals surface area contributed by atoms with Crippen molar-refractivity contribution < 1.29 is 29.0 Å². The summed E-state index contributed by atoms with van der Waals surface area (Å²) in [5.41, 5.74) is 5.90. The number of nitrogens with two attached hydrogens (primary N) is 1. The summed E-state index contributed by atoms with van der Waals surface area (Å²) in [5, 5.41) is 1.71. The minimum absolute atomic E-state index is 0. The molecule has 1 fully saturated rings. The maximum Gasteiger partial charge on any atom is 0.302 e. The first-order valence-electron chi connectivity index (χ1n) is 6.92. The average molecular weight is 368 g/mol. The second kappa shape index (κ2) is 8.62. The molecule has 1 heterocycles. The van der Waals surface area contributed by atoms with E-state index in [0.717, 1.165) is 10.4 Å². The Labute approximate surface area is 127 Å². The molecule has 2 atom stereocenters. The number of thioether (sulfide) groups is 1. The van der Waals surface area contributed by atoms with E-state index in [9.17, 15) is 0 Å². The molecule has 2 unspecified atom stereocenters. The Kier molecular flexibility index (Phi) is 7.91. The Morgan fingerprint density at radius 1 is 0.882 bits per heavy atom. The monoisotopic (exact) mass is 368 g/mol. The standard InChI is InChI=1S/C13H24N2S.HI/c14-13-15-11-9-7-5-3-1-2-4-6-8-10-12(11)16-13;/h11-12H,1-10H2,(H2,14,15);1H. The van der Waals surface area contributed by atoms with Gasteiger partial charge >= 0.3 is 5.17 Å². The zero-order valence-corrected chi connectivity index (χ0v) is 13.6. The van der Waals surface area contributed by atoms with Crippen molar-refractivity contribution in [3.05, 3.63) is 0 Å². The topological polar surface area (TPSA) is 40.0 Å². The highest BCUT2D eigenvalue weighted by atomic mass is 127. The van der Waals surface area contributed by atoms with Crippen LogP contribution in [0.15, 0.2) is 0 Å². The minimum Gasteiger partial charge on any atom is -1.00 e. The number of fused-ring (bicyclic) bond motifs is 1. The third-order valence-electron chi connectivity index (χ3n) is 3.81. The number of amidine groups is 1. The smallest absolute Gasteiger partial charge is 0.302 e. The largest absolute Gasteiger partial charge is 1.00 e. The van der Waals surface area contributed by atoms with Gasteiger partial charge in [0.15, 0.2) is 0 Å². The van der Waals surface area contributed by atoms with Gasteiger partial charge < -0.3 is 24.0 Å². The summed E-state index contributed by atoms with van der Waals surface area (Å²) < 4.78 is 0. The SMILES string of the molecule is NC1=[NH+]C2CCCCCCCCCCC2S1.[I-]. The Balaban J connectivity index is 0.00000144. The molecule has 100 valence electrons. The van der Waals surface area contributed by atoms with Crippen LogP contribution in [-0.4, -0.2) is 16.5 Å². The maximum atomic E-state index is 5.90. The first-order valence-corrected chi connectivity index (χ1v) is 7.80. The molecule has 0 aromatic rings. The van der Waals surface area contributed by atoms with Gasteiger partial charge in [-0.15, -0.1) is 0 Å². The van der Waals surface area contributed by atoms with Gasteiger partial charge in [-0.05, 0) is 31.0 Å². The highest BCUT2D eigenvalue weighted by molar-refractivity contribution is 8.14. The van der Waals surface area contributed by atoms with E-state index in [-0.39, 0.29) is 24.0 Å². The summed E-state index contributed by atoms with van der Waals surface area (Å²) >= 11 is 1.88. The van der Waals surface area contributed by atoms with Gasteiger partial charge in [-0.25, -0.2) is 0 Å². The predicted octanol–water partition coefficient (Wildman–Crippen LogP) is -1.22. The molecule has 1 saturated carbocycles. The summed E-state index contributed by atoms with van der Waals surface area (Å²) in [5.74, 6) is 0. The van der Waals surface area contributed by atoms with Crippen LogP contribution in [0.2, 0.25) is 0 Å². The van der Waals surface area contributed by atoms with E-state index < -0.39 is 0 Å². The number of rotatable bonds is 0. The van der Waals surface area contributed by atoms with Crippen molar-refractivity contribution in [1.82, 2.24) is 0 Å². The molecule has 0 radical (unpaired) electrons. The van der Waals surface area contributed by atoms with Gasteiger partial charge in [0.25, 0.3) is 0 Å². The van der Waals surface area contributed by atoms with Crippen molar-refractivity contribution in [3.8, 4) is 0 Å². The fourth-order valence-electron chi connectivity index (χ4n) is 2.84. The van der Waals surface area contributed by atoms with Crippen molar-refractivity contribution >= 4 is 16.9 Å². The summed E-state index contributed by atoms with van der Waals surface area (Å²) in [6.07, 6.45) is 14.0. The molecule has 0 bridgehead atoms. The van der Waals surface area contributed by atoms with Crippen LogP contribution in [0.3, 0.4) is 0 Å². The summed E-state index contributed by atoms with van der Waals surface area (Å²) in [6, 6.07) is 0.657. The van der Waals surface area contributed by atoms with Crippen LogP contribution < -0.4 is 34.7 Å². The Hall–Kier alpha value is 0.550. The van der Waals surface area contributed by atoms with Crippen LogP contribution in [0.4, 0.5) is 0 Å². The molecule has 2 aliphatic rings. The molecule has 1 aliphatic heterocycles. The van der Waals surface area contributed by atoms with E-state index in [2.05, 4.69) is 4.99 Å². The van der Waals surface area contributed by atoms with E-state index in [0.29, 0.717) is 6.04 Å². The maximum absolute atomic E-state index is 5.90. The van der Waals surface area contributed by atoms with Crippen LogP contribution >= 0.6 is 11.8 Å². The molecule has 4 heteroatoms. The zero-order valence-electron chi connectivity index (χ0n) is 10.6. The highest BCUT2D eigenvalue weighted by Gasteiger charge is 2.31. The first-order chi connectivity index (χ1) is 7.86. The number of hydrogen-bond donors (Lipinski definition) is 2. The Morgan fingerprint density at radius 2 is 1.41 bits per heavy atom. The highest BCUT2D eigenvalue weighted by Crippen LogP contribution is 2.25. The lowest BCUT2D eigenvalue weighted by Gasteiger charge is -2.15. The second-order valence-electron chi connectivity index (χ2n) is 5.18. The van der Waals surface area contributed by atoms with Gasteiger partial charge in [0.2, 0.25) is 0 Å². The lowest BCUT2D eigenvalue weighted by Crippen LogP contribution is -3.00. The lowest BCUT2D eigenvalue weighted by molar-refractivity contribution is -0.497. The molecule has 2 nitrogen and oxygen atoms in total. The third kappa shape index (κ3) is 5.37. The molecule has 0 aromatic carbocycles. The van der Waals surface area contributed by atoms with E-state index >= 15 is 0 Å². The fourth-order valence-corrected chi connectivity index (χ4v) is 4.04. The van der Waals surface area contributed by atoms with E-state index in [1.165, 1.54) is 64.2 Å². The molecule has 1 aliphatic carbocycles. The zero-order chi connectivity index (χ0) is 11.2. The molecular formula is C13H25IN2S. The van der Waals surface area contributed by atoms with Gasteiger partial charge in [-0.1, -0.05) is 44.9 Å². The van der Waals surface area contributed by atoms with Gasteiger partial charge in [-0.3, -0.25) is 10.7 Å². The normalized spacial score (nSPS) is 31.4. The molecule has 0 aromatic heterocycles. The number of halogens is 1. The van der Waals surface area contributed by atoms with Crippen molar-refractivity contribution in [2.75, 3.05) is 0 Å². The first kappa shape index (κ1) is 15.6. The molecule has 17 heavy (non-hydrogen) atoms. The van der Waals surface area contributed by atoms with Crippen LogP contribution in [0, 0.1) is 0 Å². The minimum atomic E-state index is 0. The second-order valence-corrected chi connectivity index (χ2v) is 6.46. The molecule has 3 N–H and O–H groups in total. The molecule has 0 saturated heterocycles. The predicted molar refractivity (Wildman–Crippen MR) is 71.5 cm³/mol. The molecule has 0 amide bonds. The van der Waals surface area contributed by atoms with Gasteiger partial charge in [0.1, 0.15) is 6.04 Å². The van der Waals surface area contributed by atoms with Crippen LogP contribution in [0.1, 0.15) is 64.2 Å². The van der Waals surface area contributed by atoms with Crippen LogP contribution in [-0.2, 0) is 0 Å². The molecular weight excluding hydrogens is 343 g/mol. The Bertz CT molecular complexity index is 246. The third-order valence-corrected chi connectivity index (χ3v) is 5.05. The van der Waals surface area contributed by atoms with Crippen molar-refractivity contribution in [3.63, 3.8) is 0 Å². The number of hydrogen-bond acceptors (Lipinski definition) is 2. The lowest BCUT2D eigenvalue weighted by atomic mass is 9.98. The fraction of sp³-hybridized carbons (Fsp3) is 0.923. The van der Waals surface area contributed by atoms with E-state index in [1.54, 1.807) is 0 Å². The quantitative estimate of drug-likeness (QED) is 0.527. The van der Waals surface area contributed by atoms with Crippen LogP contribution in [0.25, 0.3) is 0 Å². The van der Waals surface area contributed by atoms with Crippen molar-refractivity contribution in [2.45, 2.75) is 75.5 Å². The van der Waals surface area contributed by atoms with Crippen LogP contribution in [0.5, 0.6) is 0 Å². The summed E-state index contributed by atoms with van der Waals surface area (Å²) in [7, 11) is 0. The van der Waals surface area contributed by atoms with Gasteiger partial charge in [0.05, 0.1) is 5.25 Å². The van der Waals surface area contributed by atoms with Crippen molar-refractivity contribution in [1.29, 1.82) is 0 Å². The summed E-state index contributed by atoms with van der Waals surface area (Å²) in [6.45, 7) is 0. The van der Waals surface area contributed by atoms with Gasteiger partial charge in [0, 0.05) is 0 Å². The Morgan fingerprint density at radius 3 is 2.06 bits per heavy atom. The van der Waals surface area contributed by atoms with Crippen molar-refractivity contribution in [2.24, 2.45) is 5.73 Å². The molecule has 0 spiro atoms. The van der Waals surface area contributed by atoms with Gasteiger partial charge in [-0.2, -0.15) is 0 Å². The average Bonchev–Trinajstić information content (AvgIpc) is 2.59. The summed E-state index contributed by atoms with van der Waals surface area (Å²) in [4.78, 5) is 3.47.